The Morgan fingerprint density at radius 3 is 2.23 bits per heavy atom. The van der Waals surface area contributed by atoms with Gasteiger partial charge in [-0.3, -0.25) is 14.9 Å². The van der Waals surface area contributed by atoms with Gasteiger partial charge in [-0.2, -0.15) is 0 Å². The molecule has 35 heavy (non-hydrogen) atoms. The summed E-state index contributed by atoms with van der Waals surface area (Å²) in [6, 6.07) is 17.9. The van der Waals surface area contributed by atoms with Crippen LogP contribution in [0.1, 0.15) is 27.8 Å². The average Bonchev–Trinajstić information content (AvgIpc) is 2.82. The predicted octanol–water partition coefficient (Wildman–Crippen LogP) is 4.87. The molecule has 0 spiro atoms. The van der Waals surface area contributed by atoms with E-state index in [4.69, 9.17) is 9.47 Å². The van der Waals surface area contributed by atoms with Gasteiger partial charge in [0.25, 0.3) is 11.8 Å². The number of carbonyl (C=O) groups is 3. The molecule has 3 aromatic carbocycles. The van der Waals surface area contributed by atoms with Crippen molar-refractivity contribution in [2.75, 3.05) is 12.0 Å². The van der Waals surface area contributed by atoms with Crippen LogP contribution in [0.3, 0.4) is 0 Å². The molecule has 0 radical (unpaired) electrons. The summed E-state index contributed by atoms with van der Waals surface area (Å²) >= 11 is 0. The first-order valence-electron chi connectivity index (χ1n) is 11.1. The quantitative estimate of drug-likeness (QED) is 0.411. The molecule has 4 rings (SSSR count). The first-order chi connectivity index (χ1) is 16.8. The lowest BCUT2D eigenvalue weighted by Gasteiger charge is -2.29. The Morgan fingerprint density at radius 1 is 0.886 bits per heavy atom. The Labute approximate surface area is 204 Å². The van der Waals surface area contributed by atoms with E-state index >= 15 is 0 Å². The van der Waals surface area contributed by atoms with E-state index in [0.29, 0.717) is 29.4 Å². The third-order valence-corrected chi connectivity index (χ3v) is 5.70. The number of hydrogen-bond donors (Lipinski definition) is 1. The number of amides is 4. The number of aryl methyl sites for hydroxylation is 3. The molecule has 1 heterocycles. The van der Waals surface area contributed by atoms with E-state index < -0.39 is 17.8 Å². The van der Waals surface area contributed by atoms with Crippen LogP contribution in [0.15, 0.2) is 66.2 Å². The number of barbiturate groups is 1. The summed E-state index contributed by atoms with van der Waals surface area (Å²) in [5.41, 5.74) is 4.43. The Bertz CT molecular complexity index is 1320. The van der Waals surface area contributed by atoms with Crippen molar-refractivity contribution in [2.24, 2.45) is 0 Å². The Kier molecular flexibility index (Phi) is 6.68. The largest absolute Gasteiger partial charge is 0.493 e. The third kappa shape index (κ3) is 4.94. The summed E-state index contributed by atoms with van der Waals surface area (Å²) in [7, 11) is 1.52. The van der Waals surface area contributed by atoms with Crippen molar-refractivity contribution in [3.8, 4) is 11.5 Å². The van der Waals surface area contributed by atoms with Crippen molar-refractivity contribution in [3.63, 3.8) is 0 Å². The van der Waals surface area contributed by atoms with Crippen LogP contribution >= 0.6 is 0 Å². The molecule has 0 atom stereocenters. The summed E-state index contributed by atoms with van der Waals surface area (Å²) in [6.45, 7) is 5.96. The van der Waals surface area contributed by atoms with Gasteiger partial charge in [0.2, 0.25) is 0 Å². The molecule has 0 saturated carbocycles. The van der Waals surface area contributed by atoms with Crippen molar-refractivity contribution < 1.29 is 23.9 Å². The lowest BCUT2D eigenvalue weighted by molar-refractivity contribution is -0.122. The van der Waals surface area contributed by atoms with E-state index in [9.17, 15) is 14.4 Å². The Morgan fingerprint density at radius 2 is 1.57 bits per heavy atom. The summed E-state index contributed by atoms with van der Waals surface area (Å²) < 4.78 is 11.3. The standard InChI is InChI=1S/C28H26N2O5/c1-17-12-18(2)25(19(3)13-17)30-27(32)22(26(31)29-28(30)33)14-21-10-11-23(24(15-21)34-4)35-16-20-8-6-5-7-9-20/h5-15H,16H2,1-4H3,(H,29,31,33)/b22-14+. The maximum Gasteiger partial charge on any atom is 0.335 e. The molecule has 0 bridgehead atoms. The van der Waals surface area contributed by atoms with Gasteiger partial charge in [0.05, 0.1) is 12.8 Å². The molecular formula is C28H26N2O5. The van der Waals surface area contributed by atoms with Gasteiger partial charge in [0, 0.05) is 0 Å². The van der Waals surface area contributed by atoms with Crippen LogP contribution in [0.25, 0.3) is 6.08 Å². The van der Waals surface area contributed by atoms with Crippen LogP contribution in [-0.2, 0) is 16.2 Å². The highest BCUT2D eigenvalue weighted by Crippen LogP contribution is 2.32. The fourth-order valence-electron chi connectivity index (χ4n) is 4.18. The summed E-state index contributed by atoms with van der Waals surface area (Å²) in [6.07, 6.45) is 1.44. The molecule has 0 aromatic heterocycles. The number of methoxy groups -OCH3 is 1. The molecule has 7 heteroatoms. The second kappa shape index (κ2) is 9.85. The number of imide groups is 2. The van der Waals surface area contributed by atoms with Crippen molar-refractivity contribution in [1.29, 1.82) is 0 Å². The van der Waals surface area contributed by atoms with E-state index in [1.807, 2.05) is 63.2 Å². The number of rotatable bonds is 6. The van der Waals surface area contributed by atoms with Crippen LogP contribution in [0, 0.1) is 20.8 Å². The number of nitrogens with one attached hydrogen (secondary N) is 1. The second-order valence-corrected chi connectivity index (χ2v) is 8.39. The number of urea groups is 1. The zero-order valence-corrected chi connectivity index (χ0v) is 20.0. The third-order valence-electron chi connectivity index (χ3n) is 5.70. The second-order valence-electron chi connectivity index (χ2n) is 8.39. The summed E-state index contributed by atoms with van der Waals surface area (Å²) in [4.78, 5) is 39.6. The molecule has 1 N–H and O–H groups in total. The Balaban J connectivity index is 1.64. The molecule has 0 unspecified atom stereocenters. The van der Waals surface area contributed by atoms with Crippen LogP contribution in [0.4, 0.5) is 10.5 Å². The highest BCUT2D eigenvalue weighted by atomic mass is 16.5. The van der Waals surface area contributed by atoms with Crippen molar-refractivity contribution in [2.45, 2.75) is 27.4 Å². The average molecular weight is 471 g/mol. The minimum absolute atomic E-state index is 0.149. The molecule has 7 nitrogen and oxygen atoms in total. The van der Waals surface area contributed by atoms with E-state index in [2.05, 4.69) is 5.32 Å². The van der Waals surface area contributed by atoms with E-state index in [1.54, 1.807) is 18.2 Å². The SMILES string of the molecule is COc1cc(/C=C2\C(=O)NC(=O)N(c3c(C)cc(C)cc3C)C2=O)ccc1OCc1ccccc1. The molecule has 0 aliphatic carbocycles. The fraction of sp³-hybridized carbons (Fsp3) is 0.179. The molecule has 3 aromatic rings. The number of carbonyl (C=O) groups excluding carboxylic acids is 3. The van der Waals surface area contributed by atoms with E-state index in [0.717, 1.165) is 27.2 Å². The zero-order valence-electron chi connectivity index (χ0n) is 20.0. The molecule has 4 amide bonds. The summed E-state index contributed by atoms with van der Waals surface area (Å²) in [5, 5.41) is 2.28. The summed E-state index contributed by atoms with van der Waals surface area (Å²) in [5.74, 6) is -0.447. The van der Waals surface area contributed by atoms with Gasteiger partial charge in [0.1, 0.15) is 12.2 Å². The van der Waals surface area contributed by atoms with E-state index in [-0.39, 0.29) is 5.57 Å². The highest BCUT2D eigenvalue weighted by Gasteiger charge is 2.38. The smallest absolute Gasteiger partial charge is 0.335 e. The minimum Gasteiger partial charge on any atom is -0.493 e. The zero-order chi connectivity index (χ0) is 25.1. The lowest BCUT2D eigenvalue weighted by atomic mass is 10.0. The van der Waals surface area contributed by atoms with Crippen molar-refractivity contribution >= 4 is 29.6 Å². The molecule has 178 valence electrons. The maximum atomic E-state index is 13.3. The van der Waals surface area contributed by atoms with Gasteiger partial charge < -0.3 is 9.47 Å². The first kappa shape index (κ1) is 23.8. The van der Waals surface area contributed by atoms with Gasteiger partial charge in [0.15, 0.2) is 11.5 Å². The van der Waals surface area contributed by atoms with Crippen molar-refractivity contribution in [3.05, 3.63) is 94.1 Å². The van der Waals surface area contributed by atoms with Gasteiger partial charge in [-0.05, 0) is 61.2 Å². The van der Waals surface area contributed by atoms with Gasteiger partial charge in [-0.25, -0.2) is 9.69 Å². The van der Waals surface area contributed by atoms with E-state index in [1.165, 1.54) is 13.2 Å². The number of anilines is 1. The number of ether oxygens (including phenoxy) is 2. The molecule has 1 fully saturated rings. The number of nitrogens with zero attached hydrogens (tertiary/aromatic N) is 1. The van der Waals surface area contributed by atoms with Crippen molar-refractivity contribution in [1.82, 2.24) is 5.32 Å². The molecule has 1 aliphatic heterocycles. The number of hydrogen-bond acceptors (Lipinski definition) is 5. The fourth-order valence-corrected chi connectivity index (χ4v) is 4.18. The van der Waals surface area contributed by atoms with Gasteiger partial charge in [-0.15, -0.1) is 0 Å². The van der Waals surface area contributed by atoms with Crippen LogP contribution in [0.2, 0.25) is 0 Å². The normalized spacial score (nSPS) is 14.8. The maximum absolute atomic E-state index is 13.3. The predicted molar refractivity (Wildman–Crippen MR) is 133 cm³/mol. The van der Waals surface area contributed by atoms with Crippen LogP contribution in [0.5, 0.6) is 11.5 Å². The molecule has 1 aliphatic rings. The first-order valence-corrected chi connectivity index (χ1v) is 11.1. The Hall–Kier alpha value is -4.39. The van der Waals surface area contributed by atoms with Crippen LogP contribution < -0.4 is 19.7 Å². The molecular weight excluding hydrogens is 444 g/mol. The topological polar surface area (TPSA) is 84.9 Å². The van der Waals surface area contributed by atoms with Crippen LogP contribution in [-0.4, -0.2) is 25.0 Å². The number of benzene rings is 3. The monoisotopic (exact) mass is 470 g/mol. The minimum atomic E-state index is -0.769. The molecule has 1 saturated heterocycles. The highest BCUT2D eigenvalue weighted by molar-refractivity contribution is 6.39. The van der Waals surface area contributed by atoms with Gasteiger partial charge in [-0.1, -0.05) is 54.1 Å². The lowest BCUT2D eigenvalue weighted by Crippen LogP contribution is -2.54. The van der Waals surface area contributed by atoms with Gasteiger partial charge >= 0.3 is 6.03 Å².